The summed E-state index contributed by atoms with van der Waals surface area (Å²) in [7, 11) is -1.88. The summed E-state index contributed by atoms with van der Waals surface area (Å²) in [6.45, 7) is 0. The van der Waals surface area contributed by atoms with Crippen LogP contribution in [-0.2, 0) is 0 Å². The van der Waals surface area contributed by atoms with E-state index in [4.69, 9.17) is 15.8 Å². The average molecular weight is 257 g/mol. The van der Waals surface area contributed by atoms with Crippen LogP contribution in [-0.4, -0.2) is 23.2 Å². The number of rotatable bonds is 4. The van der Waals surface area contributed by atoms with Gasteiger partial charge in [-0.1, -0.05) is 12.1 Å². The van der Waals surface area contributed by atoms with Crippen LogP contribution in [0.15, 0.2) is 48.5 Å². The van der Waals surface area contributed by atoms with E-state index in [1.807, 2.05) is 0 Å². The predicted molar refractivity (Wildman–Crippen MR) is 71.5 cm³/mol. The molecule has 0 amide bonds. The number of anilines is 1. The zero-order valence-corrected chi connectivity index (χ0v) is 9.98. The summed E-state index contributed by atoms with van der Waals surface area (Å²) in [5, 5.41) is 17.3. The van der Waals surface area contributed by atoms with Gasteiger partial charge >= 0.3 is 7.32 Å². The Hall–Kier alpha value is -2.31. The van der Waals surface area contributed by atoms with E-state index < -0.39 is 7.32 Å². The number of ketones is 1. The molecule has 4 N–H and O–H groups in total. The first-order valence-electron chi connectivity index (χ1n) is 5.60. The van der Waals surface area contributed by atoms with Gasteiger partial charge in [-0.15, -0.1) is 0 Å². The molecule has 0 aliphatic rings. The molecule has 19 heavy (non-hydrogen) atoms. The Kier molecular flexibility index (Phi) is 3.84. The maximum Gasteiger partial charge on any atom is 0.707 e. The summed E-state index contributed by atoms with van der Waals surface area (Å²) in [6.07, 6.45) is 0. The second-order valence-corrected chi connectivity index (χ2v) is 3.88. The summed E-state index contributed by atoms with van der Waals surface area (Å²) >= 11 is 0. The van der Waals surface area contributed by atoms with Crippen LogP contribution < -0.4 is 10.4 Å². The van der Waals surface area contributed by atoms with Gasteiger partial charge in [-0.25, -0.2) is 0 Å². The molecule has 2 aromatic rings. The molecule has 0 aromatic heterocycles. The van der Waals surface area contributed by atoms with Gasteiger partial charge in [-0.05, 0) is 36.4 Å². The van der Waals surface area contributed by atoms with Crippen LogP contribution in [0.25, 0.3) is 0 Å². The number of nitrogen functional groups attached to an aromatic ring is 1. The number of benzene rings is 2. The molecule has 0 radical (unpaired) electrons. The van der Waals surface area contributed by atoms with Crippen molar-refractivity contribution in [3.05, 3.63) is 59.7 Å². The van der Waals surface area contributed by atoms with Crippen molar-refractivity contribution < 1.29 is 19.5 Å². The number of carbonyl (C=O) groups is 1. The first kappa shape index (κ1) is 13.1. The van der Waals surface area contributed by atoms with Gasteiger partial charge in [0.05, 0.1) is 0 Å². The minimum Gasteiger partial charge on any atom is -0.512 e. The number of hydrogen-bond donors (Lipinski definition) is 3. The zero-order chi connectivity index (χ0) is 13.8. The molecule has 0 saturated carbocycles. The standard InChI is InChI=1S/C13H12BNO4/c15-12-4-2-1-3-11(12)13(16)9-5-7-10(8-6-9)19-14(17)18/h1-8,17-18H,15H2. The van der Waals surface area contributed by atoms with Gasteiger partial charge in [0.25, 0.3) is 0 Å². The van der Waals surface area contributed by atoms with Crippen LogP contribution in [0.5, 0.6) is 5.75 Å². The van der Waals surface area contributed by atoms with Gasteiger partial charge in [0.15, 0.2) is 5.78 Å². The van der Waals surface area contributed by atoms with E-state index in [1.165, 1.54) is 24.3 Å². The first-order valence-corrected chi connectivity index (χ1v) is 5.60. The smallest absolute Gasteiger partial charge is 0.512 e. The molecule has 5 nitrogen and oxygen atoms in total. The van der Waals surface area contributed by atoms with E-state index in [2.05, 4.69) is 4.65 Å². The summed E-state index contributed by atoms with van der Waals surface area (Å²) in [4.78, 5) is 12.2. The monoisotopic (exact) mass is 257 g/mol. The lowest BCUT2D eigenvalue weighted by Crippen LogP contribution is -2.20. The van der Waals surface area contributed by atoms with Crippen molar-refractivity contribution in [2.24, 2.45) is 0 Å². The van der Waals surface area contributed by atoms with Crippen molar-refractivity contribution in [1.82, 2.24) is 0 Å². The molecule has 0 bridgehead atoms. The van der Waals surface area contributed by atoms with E-state index >= 15 is 0 Å². The van der Waals surface area contributed by atoms with Crippen LogP contribution in [0, 0.1) is 0 Å². The fourth-order valence-electron chi connectivity index (χ4n) is 1.67. The quantitative estimate of drug-likeness (QED) is 0.429. The minimum absolute atomic E-state index is 0.200. The Bertz CT molecular complexity index is 583. The van der Waals surface area contributed by atoms with Crippen LogP contribution in [0.2, 0.25) is 0 Å². The van der Waals surface area contributed by atoms with E-state index in [0.717, 1.165) is 0 Å². The summed E-state index contributed by atoms with van der Waals surface area (Å²) in [6, 6.07) is 12.8. The van der Waals surface area contributed by atoms with Gasteiger partial charge in [0.1, 0.15) is 5.75 Å². The SMILES string of the molecule is Nc1ccccc1C(=O)c1ccc(OB(O)O)cc1. The zero-order valence-electron chi connectivity index (χ0n) is 9.98. The number of carbonyl (C=O) groups excluding carboxylic acids is 1. The highest BCUT2D eigenvalue weighted by molar-refractivity contribution is 6.33. The van der Waals surface area contributed by atoms with Crippen LogP contribution >= 0.6 is 0 Å². The molecular formula is C13H12BNO4. The number of para-hydroxylation sites is 1. The highest BCUT2D eigenvalue weighted by Gasteiger charge is 2.14. The molecule has 96 valence electrons. The highest BCUT2D eigenvalue weighted by Crippen LogP contribution is 2.18. The lowest BCUT2D eigenvalue weighted by Gasteiger charge is -2.07. The van der Waals surface area contributed by atoms with Crippen LogP contribution in [0.1, 0.15) is 15.9 Å². The average Bonchev–Trinajstić information content (AvgIpc) is 2.39. The second-order valence-electron chi connectivity index (χ2n) is 3.88. The van der Waals surface area contributed by atoms with E-state index in [-0.39, 0.29) is 11.5 Å². The van der Waals surface area contributed by atoms with Crippen molar-refractivity contribution in [2.75, 3.05) is 5.73 Å². The van der Waals surface area contributed by atoms with Crippen molar-refractivity contribution in [1.29, 1.82) is 0 Å². The molecule has 0 aliphatic heterocycles. The summed E-state index contributed by atoms with van der Waals surface area (Å²) < 4.78 is 4.65. The lowest BCUT2D eigenvalue weighted by atomic mass is 10.0. The topological polar surface area (TPSA) is 92.8 Å². The Balaban J connectivity index is 2.23. The molecule has 2 aromatic carbocycles. The maximum absolute atomic E-state index is 12.2. The van der Waals surface area contributed by atoms with E-state index in [0.29, 0.717) is 16.8 Å². The van der Waals surface area contributed by atoms with Crippen molar-refractivity contribution in [2.45, 2.75) is 0 Å². The minimum atomic E-state index is -1.88. The molecule has 0 fully saturated rings. The molecule has 0 heterocycles. The fourth-order valence-corrected chi connectivity index (χ4v) is 1.67. The second kappa shape index (κ2) is 5.56. The third-order valence-corrected chi connectivity index (χ3v) is 2.56. The molecule has 0 atom stereocenters. The Morgan fingerprint density at radius 2 is 1.68 bits per heavy atom. The van der Waals surface area contributed by atoms with Gasteiger partial charge in [-0.3, -0.25) is 4.79 Å². The summed E-state index contributed by atoms with van der Waals surface area (Å²) in [5.74, 6) is 0.0572. The van der Waals surface area contributed by atoms with Gasteiger partial charge < -0.3 is 20.4 Å². The van der Waals surface area contributed by atoms with Gasteiger partial charge in [0, 0.05) is 16.8 Å². The van der Waals surface area contributed by atoms with Crippen LogP contribution in [0.4, 0.5) is 5.69 Å². The largest absolute Gasteiger partial charge is 0.707 e. The molecule has 0 unspecified atom stereocenters. The Morgan fingerprint density at radius 1 is 1.05 bits per heavy atom. The predicted octanol–water partition coefficient (Wildman–Crippen LogP) is 0.848. The van der Waals surface area contributed by atoms with E-state index in [1.54, 1.807) is 24.3 Å². The molecule has 0 aliphatic carbocycles. The van der Waals surface area contributed by atoms with Crippen molar-refractivity contribution in [3.8, 4) is 5.75 Å². The number of nitrogens with two attached hydrogens (primary N) is 1. The first-order chi connectivity index (χ1) is 9.08. The fraction of sp³-hybridized carbons (Fsp3) is 0. The van der Waals surface area contributed by atoms with E-state index in [9.17, 15) is 4.79 Å². The molecular weight excluding hydrogens is 245 g/mol. The van der Waals surface area contributed by atoms with Gasteiger partial charge in [-0.2, -0.15) is 0 Å². The normalized spacial score (nSPS) is 10.0. The maximum atomic E-state index is 12.2. The Morgan fingerprint density at radius 3 is 2.26 bits per heavy atom. The van der Waals surface area contributed by atoms with Crippen LogP contribution in [0.3, 0.4) is 0 Å². The third kappa shape index (κ3) is 3.12. The molecule has 0 saturated heterocycles. The molecule has 2 rings (SSSR count). The Labute approximate surface area is 110 Å². The summed E-state index contributed by atoms with van der Waals surface area (Å²) in [5.41, 5.74) is 7.03. The third-order valence-electron chi connectivity index (χ3n) is 2.56. The lowest BCUT2D eigenvalue weighted by molar-refractivity contribution is 0.103. The number of hydrogen-bond acceptors (Lipinski definition) is 5. The van der Waals surface area contributed by atoms with Gasteiger partial charge in [0.2, 0.25) is 0 Å². The molecule has 6 heteroatoms. The van der Waals surface area contributed by atoms with Crippen molar-refractivity contribution >= 4 is 18.8 Å². The van der Waals surface area contributed by atoms with Crippen molar-refractivity contribution in [3.63, 3.8) is 0 Å². The molecule has 0 spiro atoms. The highest BCUT2D eigenvalue weighted by atomic mass is 16.6.